The Labute approximate surface area is 438 Å². The molecule has 9 heterocycles. The summed E-state index contributed by atoms with van der Waals surface area (Å²) in [5, 5.41) is 11.2. The van der Waals surface area contributed by atoms with Crippen LogP contribution >= 0.6 is 0 Å². The molecule has 0 saturated carbocycles. The molecular weight excluding hydrogens is 990 g/mol. The third-order valence-electron chi connectivity index (χ3n) is 12.5. The number of hydrogen-bond donors (Lipinski definition) is 9. The lowest BCUT2D eigenvalue weighted by Gasteiger charge is -2.11. The highest BCUT2D eigenvalue weighted by molar-refractivity contribution is 6.02. The van der Waals surface area contributed by atoms with Crippen molar-refractivity contribution in [1.29, 1.82) is 0 Å². The Morgan fingerprint density at radius 2 is 0.909 bits per heavy atom. The second kappa shape index (κ2) is 22.4. The zero-order valence-electron chi connectivity index (χ0n) is 42.9. The number of amides is 4. The van der Waals surface area contributed by atoms with Crippen LogP contribution in [0.25, 0.3) is 66.9 Å². The van der Waals surface area contributed by atoms with E-state index in [2.05, 4.69) is 70.9 Å². The summed E-state index contributed by atoms with van der Waals surface area (Å²) in [7, 11) is 0. The molecule has 77 heavy (non-hydrogen) atoms. The van der Waals surface area contributed by atoms with Crippen LogP contribution in [-0.2, 0) is 38.4 Å². The molecule has 0 aliphatic carbocycles. The highest BCUT2D eigenvalue weighted by atomic mass is 19.1. The summed E-state index contributed by atoms with van der Waals surface area (Å²) in [6, 6.07) is 22.5. The van der Waals surface area contributed by atoms with Gasteiger partial charge in [0.1, 0.15) is 22.4 Å². The van der Waals surface area contributed by atoms with Crippen LogP contribution in [-0.4, -0.2) is 100 Å². The third kappa shape index (κ3) is 11.5. The molecule has 0 unspecified atom stereocenters. The third-order valence-corrected chi connectivity index (χ3v) is 12.5. The van der Waals surface area contributed by atoms with E-state index in [1.54, 1.807) is 19.1 Å². The molecule has 9 aromatic rings. The van der Waals surface area contributed by atoms with Crippen LogP contribution < -0.4 is 33.2 Å². The maximum absolute atomic E-state index is 13.8. The Morgan fingerprint density at radius 3 is 1.29 bits per heavy atom. The molecule has 0 fully saturated rings. The first-order chi connectivity index (χ1) is 36.4. The lowest BCUT2D eigenvalue weighted by atomic mass is 10.1. The highest BCUT2D eigenvalue weighted by Gasteiger charge is 2.24. The van der Waals surface area contributed by atoms with Gasteiger partial charge in [0, 0.05) is 111 Å². The Morgan fingerprint density at radius 1 is 0.532 bits per heavy atom. The zero-order chi connectivity index (χ0) is 53.9. The topological polar surface area (TPSA) is 345 Å². The van der Waals surface area contributed by atoms with E-state index in [0.717, 1.165) is 92.4 Å². The van der Waals surface area contributed by atoms with E-state index in [0.29, 0.717) is 70.2 Å². The highest BCUT2D eigenvalue weighted by Crippen LogP contribution is 2.33. The molecule has 0 atom stereocenters. The minimum Gasteiger partial charge on any atom is -0.394 e. The fourth-order valence-electron chi connectivity index (χ4n) is 8.94. The van der Waals surface area contributed by atoms with E-state index in [1.807, 2.05) is 74.5 Å². The first-order valence-corrected chi connectivity index (χ1v) is 24.1. The molecule has 23 heteroatoms. The van der Waals surface area contributed by atoms with Crippen molar-refractivity contribution in [3.8, 4) is 33.8 Å². The Kier molecular flexibility index (Phi) is 15.6. The minimum atomic E-state index is -0.575. The van der Waals surface area contributed by atoms with Gasteiger partial charge < -0.3 is 52.8 Å². The monoisotopic (exact) mass is 1040 g/mol. The van der Waals surface area contributed by atoms with Crippen LogP contribution in [0.1, 0.15) is 86.0 Å². The average Bonchev–Trinajstić information content (AvgIpc) is 4.14. The molecule has 0 radical (unpaired) electrons. The van der Waals surface area contributed by atoms with Crippen molar-refractivity contribution in [2.24, 2.45) is 0 Å². The van der Waals surface area contributed by atoms with Crippen LogP contribution in [0.5, 0.6) is 0 Å². The molecule has 4 amide bonds. The molecule has 3 aliphatic heterocycles. The van der Waals surface area contributed by atoms with Gasteiger partial charge in [-0.1, -0.05) is 36.4 Å². The molecule has 3 aliphatic rings. The van der Waals surface area contributed by atoms with Gasteiger partial charge in [-0.2, -0.15) is 4.39 Å². The number of aromatic amines is 3. The number of ether oxygens (including phenoxy) is 1. The van der Waals surface area contributed by atoms with Crippen molar-refractivity contribution in [3.05, 3.63) is 130 Å². The van der Waals surface area contributed by atoms with Gasteiger partial charge in [0.15, 0.2) is 5.82 Å². The van der Waals surface area contributed by atoms with Gasteiger partial charge in [-0.15, -0.1) is 0 Å². The van der Waals surface area contributed by atoms with Crippen LogP contribution in [0.4, 0.5) is 16.0 Å². The number of fused-ring (bicyclic) bond motifs is 6. The molecule has 12 rings (SSSR count). The van der Waals surface area contributed by atoms with E-state index in [9.17, 15) is 33.2 Å². The number of nitrogens with two attached hydrogens (primary N) is 1. The summed E-state index contributed by atoms with van der Waals surface area (Å²) < 4.78 is 17.8. The average molecular weight is 1040 g/mol. The van der Waals surface area contributed by atoms with Crippen molar-refractivity contribution >= 4 is 80.3 Å². The number of nitrogens with one attached hydrogen (secondary N) is 7. The molecule has 0 bridgehead atoms. The summed E-state index contributed by atoms with van der Waals surface area (Å²) in [6.07, 6.45) is 2.33. The van der Waals surface area contributed by atoms with E-state index in [1.165, 1.54) is 20.8 Å². The lowest BCUT2D eigenvalue weighted by molar-refractivity contribution is -0.156. The molecule has 0 spiro atoms. The number of esters is 2. The second-order valence-corrected chi connectivity index (χ2v) is 18.0. The summed E-state index contributed by atoms with van der Waals surface area (Å²) in [6.45, 7) is 11.0. The molecule has 3 aromatic carbocycles. The van der Waals surface area contributed by atoms with Crippen molar-refractivity contribution in [2.75, 3.05) is 30.7 Å². The number of rotatable bonds is 4. The standard InChI is InChI=1S/C18H17N5O2.C16H13FN4O.C16H15N5O.C4H6O3.H3N/c1-9-17(21-10(2)24)23-16-11(4-3-5-14(16)20-9)15-8-12-13(22-15)6-7-19-18(12)25;2*1-8-15(17)21-14-9(3-2-4-12(14)19-8)13-7-10-11(20-13)5-6-18-16(10)22;1-3(5)7-4(2)6;/h3-5,8,22H,6-7H2,1-2H3,(H,19,25)(H,21,23,24);2-4,7,20H,5-6H2,1H3,(H,18,22);2-4,7,20H,5-6H2,1H3,(H2,17,21)(H,18,22);1-2H3;1H3. The van der Waals surface area contributed by atoms with E-state index < -0.39 is 17.9 Å². The van der Waals surface area contributed by atoms with Crippen LogP contribution in [0, 0.1) is 26.7 Å². The summed E-state index contributed by atoms with van der Waals surface area (Å²) >= 11 is 0. The van der Waals surface area contributed by atoms with Gasteiger partial charge in [0.2, 0.25) is 11.9 Å². The normalized spacial score (nSPS) is 13.1. The minimum absolute atomic E-state index is 0. The number of carbonyl (C=O) groups excluding carboxylic acids is 6. The Bertz CT molecular complexity index is 3680. The molecule has 6 aromatic heterocycles. The van der Waals surface area contributed by atoms with E-state index in [-0.39, 0.29) is 35.5 Å². The van der Waals surface area contributed by atoms with Gasteiger partial charge in [0.05, 0.1) is 50.3 Å². The number of nitrogen functional groups attached to an aromatic ring is 1. The maximum Gasteiger partial charge on any atom is 0.310 e. The zero-order valence-corrected chi connectivity index (χ0v) is 42.9. The number of anilines is 2. The van der Waals surface area contributed by atoms with Gasteiger partial charge in [-0.25, -0.2) is 29.9 Å². The predicted molar refractivity (Wildman–Crippen MR) is 286 cm³/mol. The molecule has 394 valence electrons. The number of nitrogens with zero attached hydrogens (tertiary/aromatic N) is 6. The van der Waals surface area contributed by atoms with Crippen LogP contribution in [0.15, 0.2) is 72.8 Å². The number of H-pyrrole nitrogens is 3. The second-order valence-electron chi connectivity index (χ2n) is 18.0. The van der Waals surface area contributed by atoms with E-state index >= 15 is 0 Å². The summed E-state index contributed by atoms with van der Waals surface area (Å²) in [4.78, 5) is 103. The number of benzene rings is 3. The quantitative estimate of drug-likeness (QED) is 0.0663. The number of hydrogen-bond acceptors (Lipinski definition) is 15. The van der Waals surface area contributed by atoms with Crippen molar-refractivity contribution < 1.29 is 37.9 Å². The molecular formula is C54H54FN15O7. The van der Waals surface area contributed by atoms with Crippen molar-refractivity contribution in [3.63, 3.8) is 0 Å². The van der Waals surface area contributed by atoms with Crippen LogP contribution in [0.3, 0.4) is 0 Å². The number of carbonyl (C=O) groups is 6. The first-order valence-electron chi connectivity index (χ1n) is 24.1. The van der Waals surface area contributed by atoms with E-state index in [4.69, 9.17) is 5.73 Å². The summed E-state index contributed by atoms with van der Waals surface area (Å²) in [5.74, 6) is -1.21. The Hall–Kier alpha value is -9.77. The van der Waals surface area contributed by atoms with Crippen molar-refractivity contribution in [2.45, 2.75) is 60.8 Å². The number of halogens is 1. The number of aryl methyl sites for hydroxylation is 3. The lowest BCUT2D eigenvalue weighted by Crippen LogP contribution is -2.31. The molecule has 12 N–H and O–H groups in total. The van der Waals surface area contributed by atoms with Crippen LogP contribution in [0.2, 0.25) is 0 Å². The van der Waals surface area contributed by atoms with Gasteiger partial charge in [-0.05, 0) is 57.2 Å². The summed E-state index contributed by atoms with van der Waals surface area (Å²) in [5.41, 5.74) is 21.3. The van der Waals surface area contributed by atoms with Gasteiger partial charge >= 0.3 is 11.9 Å². The largest absolute Gasteiger partial charge is 0.394 e. The first kappa shape index (κ1) is 53.5. The molecule has 22 nitrogen and oxygen atoms in total. The number of aromatic nitrogens is 9. The fraction of sp³-hybridized carbons (Fsp3) is 0.222. The smallest absolute Gasteiger partial charge is 0.310 e. The van der Waals surface area contributed by atoms with Gasteiger partial charge in [0.25, 0.3) is 17.7 Å². The maximum atomic E-state index is 13.8. The predicted octanol–water partition coefficient (Wildman–Crippen LogP) is 6.60. The van der Waals surface area contributed by atoms with Gasteiger partial charge in [-0.3, -0.25) is 28.8 Å². The number of para-hydroxylation sites is 3. The molecule has 0 saturated heterocycles. The van der Waals surface area contributed by atoms with Crippen molar-refractivity contribution in [1.82, 2.24) is 67.0 Å². The Balaban J connectivity index is 0.000000143. The fourth-order valence-corrected chi connectivity index (χ4v) is 8.94. The SMILES string of the molecule is CC(=O)Nc1nc2c(-c3cc4c([nH]3)CCNC4=O)cccc2nc1C.CC(=O)OC(C)=O.Cc1nc2cccc(-c3cc4c([nH]3)CCNC4=O)c2nc1F.Cc1nc2cccc(-c3cc4c([nH]3)CCNC4=O)c2nc1N.N.